The molecule has 1 aliphatic carbocycles. The molecule has 1 amide bonds. The second kappa shape index (κ2) is 8.07. The van der Waals surface area contributed by atoms with Crippen molar-refractivity contribution in [2.24, 2.45) is 11.7 Å². The third-order valence-corrected chi connectivity index (χ3v) is 6.03. The monoisotopic (exact) mass is 340 g/mol. The van der Waals surface area contributed by atoms with Gasteiger partial charge in [0.25, 0.3) is 0 Å². The van der Waals surface area contributed by atoms with Gasteiger partial charge in [0, 0.05) is 18.8 Å². The van der Waals surface area contributed by atoms with Crippen LogP contribution in [0.4, 0.5) is 0 Å². The van der Waals surface area contributed by atoms with Gasteiger partial charge in [-0.1, -0.05) is 43.2 Å². The molecule has 136 valence electrons. The molecular weight excluding hydrogens is 308 g/mol. The maximum absolute atomic E-state index is 11.1. The van der Waals surface area contributed by atoms with Gasteiger partial charge in [-0.3, -0.25) is 4.79 Å². The number of amides is 1. The highest BCUT2D eigenvalue weighted by Gasteiger charge is 2.25. The predicted molar refractivity (Wildman–Crippen MR) is 103 cm³/mol. The number of benzene rings is 1. The van der Waals surface area contributed by atoms with Crippen molar-refractivity contribution in [2.75, 3.05) is 13.1 Å². The summed E-state index contributed by atoms with van der Waals surface area (Å²) < 4.78 is 0. The quantitative estimate of drug-likeness (QED) is 0.804. The van der Waals surface area contributed by atoms with Crippen LogP contribution in [-0.2, 0) is 11.2 Å². The lowest BCUT2D eigenvalue weighted by Gasteiger charge is -2.21. The molecule has 1 saturated carbocycles. The Hall–Kier alpha value is -1.77. The minimum absolute atomic E-state index is 0.283. The van der Waals surface area contributed by atoms with Crippen LogP contribution in [0.3, 0.4) is 0 Å². The van der Waals surface area contributed by atoms with Crippen LogP contribution >= 0.6 is 0 Å². The molecule has 1 saturated heterocycles. The van der Waals surface area contributed by atoms with Crippen LogP contribution in [0.1, 0.15) is 67.6 Å². The van der Waals surface area contributed by atoms with Crippen molar-refractivity contribution in [2.45, 2.75) is 64.2 Å². The lowest BCUT2D eigenvalue weighted by molar-refractivity contribution is -0.117. The van der Waals surface area contributed by atoms with Gasteiger partial charge >= 0.3 is 0 Å². The summed E-state index contributed by atoms with van der Waals surface area (Å²) in [6.45, 7) is 8.28. The van der Waals surface area contributed by atoms with Gasteiger partial charge in [-0.05, 0) is 62.0 Å². The number of hydrogen-bond acceptors (Lipinski definition) is 2. The highest BCUT2D eigenvalue weighted by molar-refractivity contribution is 5.76. The van der Waals surface area contributed by atoms with Gasteiger partial charge in [0.15, 0.2) is 0 Å². The Labute approximate surface area is 152 Å². The lowest BCUT2D eigenvalue weighted by atomic mass is 9.88. The van der Waals surface area contributed by atoms with Crippen LogP contribution < -0.4 is 5.73 Å². The number of nitrogens with zero attached hydrogens (tertiary/aromatic N) is 1. The minimum Gasteiger partial charge on any atom is -0.375 e. The Bertz CT molecular complexity index is 631. The predicted octanol–water partition coefficient (Wildman–Crippen LogP) is 4.30. The third-order valence-electron chi connectivity index (χ3n) is 6.03. The zero-order valence-corrected chi connectivity index (χ0v) is 15.6. The number of nitrogens with two attached hydrogens (primary N) is 1. The van der Waals surface area contributed by atoms with E-state index in [0.717, 1.165) is 24.7 Å². The van der Waals surface area contributed by atoms with Gasteiger partial charge < -0.3 is 10.6 Å². The first-order valence-electron chi connectivity index (χ1n) is 9.83. The number of likely N-dealkylation sites (tertiary alicyclic amines) is 1. The van der Waals surface area contributed by atoms with E-state index in [4.69, 9.17) is 5.73 Å². The molecule has 2 fully saturated rings. The molecule has 2 aliphatic rings. The molecule has 1 heterocycles. The van der Waals surface area contributed by atoms with Crippen molar-refractivity contribution in [3.05, 3.63) is 47.2 Å². The average Bonchev–Trinajstić information content (AvgIpc) is 3.25. The summed E-state index contributed by atoms with van der Waals surface area (Å²) in [4.78, 5) is 13.3. The van der Waals surface area contributed by atoms with Gasteiger partial charge in [-0.2, -0.15) is 0 Å². The van der Waals surface area contributed by atoms with Gasteiger partial charge in [-0.15, -0.1) is 0 Å². The van der Waals surface area contributed by atoms with Gasteiger partial charge in [0.1, 0.15) is 0 Å². The summed E-state index contributed by atoms with van der Waals surface area (Å²) in [6, 6.07) is 7.06. The standard InChI is InChI=1S/C22H32N2O/c1-16-7-9-20(21(13-16)19-5-3-4-6-19)10-8-18-11-12-24(15-18)17(2)14-22(23)25/h7,9,13,18-19H,2-6,8,10-12,14-15H2,1H3,(H2,23,25). The fourth-order valence-corrected chi connectivity index (χ4v) is 4.59. The highest BCUT2D eigenvalue weighted by atomic mass is 16.1. The van der Waals surface area contributed by atoms with Gasteiger partial charge in [0.05, 0.1) is 6.42 Å². The average molecular weight is 341 g/mol. The Balaban J connectivity index is 1.57. The fourth-order valence-electron chi connectivity index (χ4n) is 4.59. The molecule has 1 aromatic rings. The van der Waals surface area contributed by atoms with Crippen molar-refractivity contribution in [3.8, 4) is 0 Å². The van der Waals surface area contributed by atoms with E-state index in [9.17, 15) is 4.79 Å². The molecule has 0 spiro atoms. The van der Waals surface area contributed by atoms with Crippen molar-refractivity contribution in [1.29, 1.82) is 0 Å². The molecule has 1 aliphatic heterocycles. The maximum atomic E-state index is 11.1. The van der Waals surface area contributed by atoms with Crippen LogP contribution in [0, 0.1) is 12.8 Å². The topological polar surface area (TPSA) is 46.3 Å². The molecular formula is C22H32N2O. The fraction of sp³-hybridized carbons (Fsp3) is 0.591. The number of aryl methyl sites for hydroxylation is 2. The van der Waals surface area contributed by atoms with Crippen LogP contribution in [0.5, 0.6) is 0 Å². The van der Waals surface area contributed by atoms with E-state index in [1.165, 1.54) is 50.5 Å². The molecule has 3 rings (SSSR count). The number of carbonyl (C=O) groups is 1. The Morgan fingerprint density at radius 2 is 2.04 bits per heavy atom. The lowest BCUT2D eigenvalue weighted by Crippen LogP contribution is -2.23. The Kier molecular flexibility index (Phi) is 5.82. The molecule has 25 heavy (non-hydrogen) atoms. The summed E-state index contributed by atoms with van der Waals surface area (Å²) in [5.41, 5.74) is 10.7. The van der Waals surface area contributed by atoms with E-state index in [-0.39, 0.29) is 12.3 Å². The highest BCUT2D eigenvalue weighted by Crippen LogP contribution is 2.37. The maximum Gasteiger partial charge on any atom is 0.223 e. The summed E-state index contributed by atoms with van der Waals surface area (Å²) >= 11 is 0. The molecule has 3 heteroatoms. The number of carbonyl (C=O) groups excluding carboxylic acids is 1. The van der Waals surface area contributed by atoms with E-state index in [2.05, 4.69) is 36.6 Å². The Morgan fingerprint density at radius 1 is 1.28 bits per heavy atom. The smallest absolute Gasteiger partial charge is 0.223 e. The first-order chi connectivity index (χ1) is 12.0. The van der Waals surface area contributed by atoms with E-state index < -0.39 is 0 Å². The SMILES string of the molecule is C=C(CC(N)=O)N1CCC(CCc2ccc(C)cc2C2CCCC2)C1. The van der Waals surface area contributed by atoms with Gasteiger partial charge in [0.2, 0.25) is 5.91 Å². The summed E-state index contributed by atoms with van der Waals surface area (Å²) in [5, 5.41) is 0. The molecule has 0 aromatic heterocycles. The number of hydrogen-bond donors (Lipinski definition) is 1. The molecule has 0 radical (unpaired) electrons. The largest absolute Gasteiger partial charge is 0.375 e. The molecule has 1 aromatic carbocycles. The van der Waals surface area contributed by atoms with E-state index in [0.29, 0.717) is 5.92 Å². The minimum atomic E-state index is -0.283. The van der Waals surface area contributed by atoms with Crippen LogP contribution in [0.25, 0.3) is 0 Å². The zero-order valence-electron chi connectivity index (χ0n) is 15.6. The van der Waals surface area contributed by atoms with Crippen LogP contribution in [0.15, 0.2) is 30.5 Å². The van der Waals surface area contributed by atoms with E-state index in [1.54, 1.807) is 11.1 Å². The summed E-state index contributed by atoms with van der Waals surface area (Å²) in [5.74, 6) is 1.20. The number of primary amides is 1. The molecule has 0 bridgehead atoms. The Morgan fingerprint density at radius 3 is 2.76 bits per heavy atom. The summed E-state index contributed by atoms with van der Waals surface area (Å²) in [6.07, 6.45) is 9.38. The second-order valence-corrected chi connectivity index (χ2v) is 8.03. The molecule has 2 N–H and O–H groups in total. The first-order valence-corrected chi connectivity index (χ1v) is 9.83. The van der Waals surface area contributed by atoms with Crippen LogP contribution in [-0.4, -0.2) is 23.9 Å². The van der Waals surface area contributed by atoms with Crippen molar-refractivity contribution < 1.29 is 4.79 Å². The van der Waals surface area contributed by atoms with Crippen molar-refractivity contribution >= 4 is 5.91 Å². The number of rotatable bonds is 7. The second-order valence-electron chi connectivity index (χ2n) is 8.03. The van der Waals surface area contributed by atoms with E-state index >= 15 is 0 Å². The van der Waals surface area contributed by atoms with Crippen molar-refractivity contribution in [1.82, 2.24) is 4.90 Å². The molecule has 1 unspecified atom stereocenters. The molecule has 3 nitrogen and oxygen atoms in total. The van der Waals surface area contributed by atoms with Crippen LogP contribution in [0.2, 0.25) is 0 Å². The summed E-state index contributed by atoms with van der Waals surface area (Å²) in [7, 11) is 0. The van der Waals surface area contributed by atoms with Gasteiger partial charge in [-0.25, -0.2) is 0 Å². The molecule has 1 atom stereocenters. The third kappa shape index (κ3) is 4.65. The van der Waals surface area contributed by atoms with E-state index in [1.807, 2.05) is 0 Å². The van der Waals surface area contributed by atoms with Crippen molar-refractivity contribution in [3.63, 3.8) is 0 Å². The first kappa shape index (κ1) is 18.0. The normalized spacial score (nSPS) is 21.0. The zero-order chi connectivity index (χ0) is 17.8.